The minimum absolute atomic E-state index is 0.349. The smallest absolute Gasteiger partial charge is 0.413 e. The molecule has 1 aromatic rings. The molecule has 0 unspecified atom stereocenters. The number of nitrogens with zero attached hydrogens (tertiary/aromatic N) is 1. The van der Waals surface area contributed by atoms with Crippen molar-refractivity contribution in [1.82, 2.24) is 4.90 Å². The molecule has 1 aromatic carbocycles. The lowest BCUT2D eigenvalue weighted by molar-refractivity contribution is -0.139. The molecule has 0 radical (unpaired) electrons. The molecule has 1 aliphatic rings. The third kappa shape index (κ3) is 1.86. The van der Waals surface area contributed by atoms with Gasteiger partial charge < -0.3 is 9.84 Å². The van der Waals surface area contributed by atoms with Gasteiger partial charge in [-0.2, -0.15) is 0 Å². The van der Waals surface area contributed by atoms with Crippen LogP contribution >= 0.6 is 0 Å². The van der Waals surface area contributed by atoms with E-state index in [1.807, 2.05) is 37.3 Å². The largest absolute Gasteiger partial charge is 0.438 e. The van der Waals surface area contributed by atoms with Crippen molar-refractivity contribution in [3.8, 4) is 0 Å². The summed E-state index contributed by atoms with van der Waals surface area (Å²) in [6.07, 6.45) is 0.102. The molecule has 0 aromatic heterocycles. The number of carbonyl (C=O) groups is 1. The zero-order valence-corrected chi connectivity index (χ0v) is 11.0. The predicted molar refractivity (Wildman–Crippen MR) is 67.8 cm³/mol. The minimum atomic E-state index is -1.30. The van der Waals surface area contributed by atoms with Crippen LogP contribution in [-0.2, 0) is 11.3 Å². The zero-order valence-electron chi connectivity index (χ0n) is 11.0. The van der Waals surface area contributed by atoms with Crippen molar-refractivity contribution >= 4 is 6.09 Å². The van der Waals surface area contributed by atoms with Gasteiger partial charge in [0, 0.05) is 0 Å². The molecular formula is C14H19NO3. The number of rotatable bonds is 3. The molecule has 1 aliphatic heterocycles. The summed E-state index contributed by atoms with van der Waals surface area (Å²) < 4.78 is 5.34. The van der Waals surface area contributed by atoms with Crippen LogP contribution in [0, 0.1) is 0 Å². The van der Waals surface area contributed by atoms with Crippen molar-refractivity contribution < 1.29 is 14.6 Å². The Kier molecular flexibility index (Phi) is 3.07. The van der Waals surface area contributed by atoms with Crippen LogP contribution in [0.3, 0.4) is 0 Å². The topological polar surface area (TPSA) is 49.8 Å². The first-order valence-electron chi connectivity index (χ1n) is 6.17. The Morgan fingerprint density at radius 2 is 1.89 bits per heavy atom. The summed E-state index contributed by atoms with van der Waals surface area (Å²) in [5, 5.41) is 10.6. The van der Waals surface area contributed by atoms with Crippen molar-refractivity contribution in [2.24, 2.45) is 0 Å². The van der Waals surface area contributed by atoms with Gasteiger partial charge in [-0.3, -0.25) is 4.90 Å². The van der Waals surface area contributed by atoms with Gasteiger partial charge in [0.1, 0.15) is 0 Å². The van der Waals surface area contributed by atoms with Crippen LogP contribution in [0.15, 0.2) is 30.3 Å². The Bertz CT molecular complexity index is 444. The Morgan fingerprint density at radius 1 is 1.28 bits per heavy atom. The van der Waals surface area contributed by atoms with Crippen LogP contribution in [0.1, 0.15) is 32.8 Å². The molecule has 1 fully saturated rings. The van der Waals surface area contributed by atoms with Crippen LogP contribution < -0.4 is 0 Å². The quantitative estimate of drug-likeness (QED) is 0.895. The van der Waals surface area contributed by atoms with Crippen LogP contribution in [-0.4, -0.2) is 27.4 Å². The Morgan fingerprint density at radius 3 is 2.39 bits per heavy atom. The third-order valence-electron chi connectivity index (χ3n) is 3.92. The van der Waals surface area contributed by atoms with Crippen molar-refractivity contribution in [1.29, 1.82) is 0 Å². The summed E-state index contributed by atoms with van der Waals surface area (Å²) >= 11 is 0. The molecule has 1 N–H and O–H groups in total. The SMILES string of the molecule is CC[C@]1(C)OC(=O)N(Cc2ccccc2)[C@]1(C)O. The number of cyclic esters (lactones) is 1. The monoisotopic (exact) mass is 249 g/mol. The lowest BCUT2D eigenvalue weighted by Gasteiger charge is -2.36. The number of hydrogen-bond acceptors (Lipinski definition) is 3. The second kappa shape index (κ2) is 4.28. The number of ether oxygens (including phenoxy) is 1. The van der Waals surface area contributed by atoms with Crippen LogP contribution in [0.2, 0.25) is 0 Å². The number of hydrogen-bond donors (Lipinski definition) is 1. The molecular weight excluding hydrogens is 230 g/mol. The molecule has 0 spiro atoms. The van der Waals surface area contributed by atoms with E-state index in [1.54, 1.807) is 13.8 Å². The first kappa shape index (κ1) is 12.9. The third-order valence-corrected chi connectivity index (χ3v) is 3.92. The summed E-state index contributed by atoms with van der Waals surface area (Å²) in [5.74, 6) is 0. The highest BCUT2D eigenvalue weighted by atomic mass is 16.6. The number of carbonyl (C=O) groups excluding carboxylic acids is 1. The fraction of sp³-hybridized carbons (Fsp3) is 0.500. The molecule has 4 heteroatoms. The fourth-order valence-corrected chi connectivity index (χ4v) is 2.20. The van der Waals surface area contributed by atoms with Gasteiger partial charge >= 0.3 is 6.09 Å². The van der Waals surface area contributed by atoms with Gasteiger partial charge in [0.25, 0.3) is 0 Å². The van der Waals surface area contributed by atoms with E-state index in [0.29, 0.717) is 13.0 Å². The molecule has 2 atom stereocenters. The lowest BCUT2D eigenvalue weighted by atomic mass is 9.90. The summed E-state index contributed by atoms with van der Waals surface area (Å²) in [5.41, 5.74) is -1.19. The van der Waals surface area contributed by atoms with Crippen LogP contribution in [0.25, 0.3) is 0 Å². The lowest BCUT2D eigenvalue weighted by Crippen LogP contribution is -2.54. The van der Waals surface area contributed by atoms with Gasteiger partial charge in [-0.15, -0.1) is 0 Å². The van der Waals surface area contributed by atoms with E-state index in [0.717, 1.165) is 5.56 Å². The predicted octanol–water partition coefficient (Wildman–Crippen LogP) is 2.52. The van der Waals surface area contributed by atoms with E-state index in [4.69, 9.17) is 4.74 Å². The molecule has 98 valence electrons. The second-order valence-corrected chi connectivity index (χ2v) is 5.04. The normalized spacial score (nSPS) is 31.6. The van der Waals surface area contributed by atoms with E-state index in [-0.39, 0.29) is 0 Å². The van der Waals surface area contributed by atoms with E-state index in [1.165, 1.54) is 4.90 Å². The summed E-state index contributed by atoms with van der Waals surface area (Å²) in [6, 6.07) is 9.57. The maximum Gasteiger partial charge on any atom is 0.413 e. The Hall–Kier alpha value is -1.55. The average Bonchev–Trinajstić information content (AvgIpc) is 2.51. The molecule has 1 amide bonds. The molecule has 0 bridgehead atoms. The van der Waals surface area contributed by atoms with E-state index >= 15 is 0 Å². The molecule has 1 heterocycles. The highest BCUT2D eigenvalue weighted by molar-refractivity contribution is 5.72. The highest BCUT2D eigenvalue weighted by Crippen LogP contribution is 2.40. The number of amides is 1. The fourth-order valence-electron chi connectivity index (χ4n) is 2.20. The van der Waals surface area contributed by atoms with Gasteiger partial charge in [0.05, 0.1) is 6.54 Å². The average molecular weight is 249 g/mol. The number of benzene rings is 1. The Balaban J connectivity index is 2.26. The molecule has 18 heavy (non-hydrogen) atoms. The van der Waals surface area contributed by atoms with E-state index in [2.05, 4.69) is 0 Å². The Labute approximate surface area is 107 Å². The second-order valence-electron chi connectivity index (χ2n) is 5.04. The van der Waals surface area contributed by atoms with Gasteiger partial charge in [-0.1, -0.05) is 37.3 Å². The highest BCUT2D eigenvalue weighted by Gasteiger charge is 2.58. The standard InChI is InChI=1S/C14H19NO3/c1-4-13(2)14(3,17)15(12(16)18-13)10-11-8-6-5-7-9-11/h5-9,17H,4,10H2,1-3H3/t13-,14+/m0/s1. The van der Waals surface area contributed by atoms with Crippen molar-refractivity contribution in [2.45, 2.75) is 45.1 Å². The summed E-state index contributed by atoms with van der Waals surface area (Å²) in [6.45, 7) is 5.64. The van der Waals surface area contributed by atoms with Crippen molar-refractivity contribution in [2.75, 3.05) is 0 Å². The first-order chi connectivity index (χ1) is 8.40. The van der Waals surface area contributed by atoms with Gasteiger partial charge in [0.15, 0.2) is 11.3 Å². The van der Waals surface area contributed by atoms with Crippen molar-refractivity contribution in [3.63, 3.8) is 0 Å². The maximum atomic E-state index is 11.9. The van der Waals surface area contributed by atoms with E-state index < -0.39 is 17.4 Å². The van der Waals surface area contributed by atoms with Gasteiger partial charge in [0.2, 0.25) is 0 Å². The molecule has 1 saturated heterocycles. The number of aliphatic hydroxyl groups is 1. The van der Waals surface area contributed by atoms with Gasteiger partial charge in [-0.25, -0.2) is 4.79 Å². The van der Waals surface area contributed by atoms with Crippen LogP contribution in [0.5, 0.6) is 0 Å². The van der Waals surface area contributed by atoms with Crippen LogP contribution in [0.4, 0.5) is 4.79 Å². The van der Waals surface area contributed by atoms with E-state index in [9.17, 15) is 9.90 Å². The van der Waals surface area contributed by atoms with Crippen molar-refractivity contribution in [3.05, 3.63) is 35.9 Å². The maximum absolute atomic E-state index is 11.9. The first-order valence-corrected chi connectivity index (χ1v) is 6.17. The summed E-state index contributed by atoms with van der Waals surface area (Å²) in [7, 11) is 0. The zero-order chi connectivity index (χ0) is 13.4. The van der Waals surface area contributed by atoms with Gasteiger partial charge in [-0.05, 0) is 25.8 Å². The molecule has 2 rings (SSSR count). The molecule has 4 nitrogen and oxygen atoms in total. The minimum Gasteiger partial charge on any atom is -0.438 e. The molecule has 0 aliphatic carbocycles. The molecule has 0 saturated carbocycles. The summed E-state index contributed by atoms with van der Waals surface area (Å²) in [4.78, 5) is 13.3.